The molecule has 0 heterocycles. The van der Waals surface area contributed by atoms with Crippen molar-refractivity contribution in [2.24, 2.45) is 15.6 Å². The minimum absolute atomic E-state index is 0.0951. The summed E-state index contributed by atoms with van der Waals surface area (Å²) >= 11 is 0. The van der Waals surface area contributed by atoms with Crippen LogP contribution in [0.25, 0.3) is 0 Å². The first-order valence-corrected chi connectivity index (χ1v) is 6.45. The maximum atomic E-state index is 5.79. The summed E-state index contributed by atoms with van der Waals surface area (Å²) in [4.78, 5) is 0. The average Bonchev–Trinajstić information content (AvgIpc) is 2.26. The van der Waals surface area contributed by atoms with Crippen molar-refractivity contribution in [1.29, 1.82) is 0 Å². The summed E-state index contributed by atoms with van der Waals surface area (Å²) in [5.41, 5.74) is 2.36. The van der Waals surface area contributed by atoms with E-state index >= 15 is 0 Å². The summed E-state index contributed by atoms with van der Waals surface area (Å²) in [6.07, 6.45) is 4.23. The van der Waals surface area contributed by atoms with Crippen LogP contribution in [0.3, 0.4) is 0 Å². The summed E-state index contributed by atoms with van der Waals surface area (Å²) in [5, 5.41) is 8.41. The first kappa shape index (κ1) is 13.9. The van der Waals surface area contributed by atoms with E-state index in [2.05, 4.69) is 37.1 Å². The van der Waals surface area contributed by atoms with Gasteiger partial charge in [0.25, 0.3) is 0 Å². The number of rotatable bonds is 4. The van der Waals surface area contributed by atoms with Gasteiger partial charge in [-0.1, -0.05) is 26.8 Å². The van der Waals surface area contributed by atoms with Crippen LogP contribution in [0.5, 0.6) is 0 Å². The largest absolute Gasteiger partial charge is 0.492 e. The minimum Gasteiger partial charge on any atom is -0.492 e. The molecule has 3 heteroatoms. The lowest BCUT2D eigenvalue weighted by atomic mass is 9.81. The van der Waals surface area contributed by atoms with Crippen molar-refractivity contribution in [3.63, 3.8) is 0 Å². The van der Waals surface area contributed by atoms with Crippen LogP contribution in [0.4, 0.5) is 0 Å². The molecule has 0 aromatic heterocycles. The highest BCUT2D eigenvalue weighted by Gasteiger charge is 2.26. The molecule has 0 unspecified atom stereocenters. The van der Waals surface area contributed by atoms with Crippen molar-refractivity contribution in [2.45, 2.75) is 47.5 Å². The molecule has 0 atom stereocenters. The summed E-state index contributed by atoms with van der Waals surface area (Å²) in [6, 6.07) is 0. The quantitative estimate of drug-likeness (QED) is 0.663. The van der Waals surface area contributed by atoms with Gasteiger partial charge in [0.1, 0.15) is 11.5 Å². The fourth-order valence-electron chi connectivity index (χ4n) is 1.92. The molecular weight excluding hydrogens is 212 g/mol. The van der Waals surface area contributed by atoms with E-state index in [1.54, 1.807) is 0 Å². The predicted molar refractivity (Wildman–Crippen MR) is 70.8 cm³/mol. The molecule has 1 aliphatic rings. The van der Waals surface area contributed by atoms with Gasteiger partial charge in [-0.05, 0) is 37.7 Å². The molecule has 0 fully saturated rings. The number of allylic oxidation sites excluding steroid dienone is 3. The molecule has 1 aliphatic carbocycles. The SMILES string of the molecule is CCN=NC1=C(OCC)C(C(C)(C)C)=CCC1. The molecule has 0 N–H and O–H groups in total. The van der Waals surface area contributed by atoms with Gasteiger partial charge in [0.2, 0.25) is 0 Å². The molecule has 0 saturated heterocycles. The molecule has 0 aromatic carbocycles. The van der Waals surface area contributed by atoms with Crippen molar-refractivity contribution in [3.8, 4) is 0 Å². The van der Waals surface area contributed by atoms with Crippen LogP contribution in [-0.4, -0.2) is 13.2 Å². The number of hydrogen-bond acceptors (Lipinski definition) is 3. The van der Waals surface area contributed by atoms with E-state index in [9.17, 15) is 0 Å². The second-order valence-electron chi connectivity index (χ2n) is 5.17. The molecular formula is C14H24N2O. The lowest BCUT2D eigenvalue weighted by molar-refractivity contribution is 0.218. The van der Waals surface area contributed by atoms with Crippen molar-refractivity contribution in [1.82, 2.24) is 0 Å². The highest BCUT2D eigenvalue weighted by atomic mass is 16.5. The maximum absolute atomic E-state index is 5.79. The third-order valence-electron chi connectivity index (χ3n) is 2.67. The molecule has 17 heavy (non-hydrogen) atoms. The fourth-order valence-corrected chi connectivity index (χ4v) is 1.92. The molecule has 0 amide bonds. The van der Waals surface area contributed by atoms with Crippen molar-refractivity contribution < 1.29 is 4.74 Å². The zero-order valence-corrected chi connectivity index (χ0v) is 11.7. The Kier molecular flexibility index (Phi) is 4.91. The molecule has 1 rings (SSSR count). The summed E-state index contributed by atoms with van der Waals surface area (Å²) in [5.74, 6) is 0.948. The van der Waals surface area contributed by atoms with Crippen LogP contribution in [0.15, 0.2) is 33.3 Å². The molecule has 0 radical (unpaired) electrons. The van der Waals surface area contributed by atoms with Gasteiger partial charge in [0.15, 0.2) is 0 Å². The van der Waals surface area contributed by atoms with Gasteiger partial charge in [0, 0.05) is 0 Å². The summed E-state index contributed by atoms with van der Waals surface area (Å²) in [6.45, 7) is 12.0. The molecule has 3 nitrogen and oxygen atoms in total. The third-order valence-corrected chi connectivity index (χ3v) is 2.67. The van der Waals surface area contributed by atoms with Crippen molar-refractivity contribution in [3.05, 3.63) is 23.1 Å². The third kappa shape index (κ3) is 3.69. The highest BCUT2D eigenvalue weighted by molar-refractivity contribution is 5.37. The highest BCUT2D eigenvalue weighted by Crippen LogP contribution is 2.38. The Morgan fingerprint density at radius 3 is 2.53 bits per heavy atom. The smallest absolute Gasteiger partial charge is 0.145 e. The molecule has 0 saturated carbocycles. The second-order valence-corrected chi connectivity index (χ2v) is 5.17. The number of hydrogen-bond donors (Lipinski definition) is 0. The molecule has 0 aromatic rings. The zero-order valence-electron chi connectivity index (χ0n) is 11.7. The lowest BCUT2D eigenvalue weighted by Gasteiger charge is -2.28. The first-order valence-electron chi connectivity index (χ1n) is 6.45. The average molecular weight is 236 g/mol. The van der Waals surface area contributed by atoms with E-state index in [1.807, 2.05) is 13.8 Å². The lowest BCUT2D eigenvalue weighted by Crippen LogP contribution is -2.17. The van der Waals surface area contributed by atoms with E-state index in [4.69, 9.17) is 4.74 Å². The van der Waals surface area contributed by atoms with Crippen LogP contribution in [0, 0.1) is 5.41 Å². The van der Waals surface area contributed by atoms with E-state index in [1.165, 1.54) is 5.57 Å². The van der Waals surface area contributed by atoms with Gasteiger partial charge >= 0.3 is 0 Å². The Morgan fingerprint density at radius 1 is 1.29 bits per heavy atom. The van der Waals surface area contributed by atoms with Gasteiger partial charge in [-0.2, -0.15) is 10.2 Å². The standard InChI is InChI=1S/C14H24N2O/c1-6-15-16-12-10-8-9-11(14(3,4)5)13(12)17-7-2/h9H,6-8,10H2,1-5H3. The minimum atomic E-state index is 0.0951. The zero-order chi connectivity index (χ0) is 12.9. The Hall–Kier alpha value is -1.12. The van der Waals surface area contributed by atoms with Gasteiger partial charge in [-0.25, -0.2) is 0 Å². The number of ether oxygens (including phenoxy) is 1. The molecule has 0 aliphatic heterocycles. The second kappa shape index (κ2) is 5.99. The van der Waals surface area contributed by atoms with Crippen molar-refractivity contribution >= 4 is 0 Å². The molecule has 0 spiro atoms. The first-order chi connectivity index (χ1) is 8.00. The normalized spacial score (nSPS) is 17.6. The number of nitrogens with zero attached hydrogens (tertiary/aromatic N) is 2. The van der Waals surface area contributed by atoms with Crippen LogP contribution in [0.2, 0.25) is 0 Å². The Bertz CT molecular complexity index is 346. The van der Waals surface area contributed by atoms with Gasteiger partial charge < -0.3 is 4.74 Å². The van der Waals surface area contributed by atoms with Crippen molar-refractivity contribution in [2.75, 3.05) is 13.2 Å². The van der Waals surface area contributed by atoms with E-state index < -0.39 is 0 Å². The van der Waals surface area contributed by atoms with Crippen LogP contribution >= 0.6 is 0 Å². The topological polar surface area (TPSA) is 34.0 Å². The van der Waals surface area contributed by atoms with Crippen LogP contribution < -0.4 is 0 Å². The van der Waals surface area contributed by atoms with Gasteiger partial charge in [-0.3, -0.25) is 0 Å². The molecule has 96 valence electrons. The van der Waals surface area contributed by atoms with Gasteiger partial charge in [-0.15, -0.1) is 0 Å². The van der Waals surface area contributed by atoms with E-state index in [0.29, 0.717) is 6.61 Å². The summed E-state index contributed by atoms with van der Waals surface area (Å²) < 4.78 is 5.79. The van der Waals surface area contributed by atoms with E-state index in [-0.39, 0.29) is 5.41 Å². The Morgan fingerprint density at radius 2 is 2.00 bits per heavy atom. The Labute approximate surface area is 105 Å². The monoisotopic (exact) mass is 236 g/mol. The summed E-state index contributed by atoms with van der Waals surface area (Å²) in [7, 11) is 0. The van der Waals surface area contributed by atoms with E-state index in [0.717, 1.165) is 30.8 Å². The Balaban J connectivity index is 3.10. The van der Waals surface area contributed by atoms with Crippen LogP contribution in [-0.2, 0) is 4.74 Å². The maximum Gasteiger partial charge on any atom is 0.145 e. The molecule has 0 bridgehead atoms. The van der Waals surface area contributed by atoms with Gasteiger partial charge in [0.05, 0.1) is 13.2 Å². The van der Waals surface area contributed by atoms with Crippen LogP contribution in [0.1, 0.15) is 47.5 Å². The number of azo groups is 1. The predicted octanol–water partition coefficient (Wildman–Crippen LogP) is 4.47. The fraction of sp³-hybridized carbons (Fsp3) is 0.714.